The molecule has 7 heteroatoms. The van der Waals surface area contributed by atoms with Gasteiger partial charge in [0.2, 0.25) is 0 Å². The van der Waals surface area contributed by atoms with Crippen LogP contribution in [0.2, 0.25) is 0 Å². The van der Waals surface area contributed by atoms with Crippen molar-refractivity contribution >= 4 is 5.65 Å². The van der Waals surface area contributed by atoms with Crippen LogP contribution in [0.1, 0.15) is 5.69 Å². The van der Waals surface area contributed by atoms with Crippen LogP contribution in [0.5, 0.6) is 0 Å². The molecule has 22 heavy (non-hydrogen) atoms. The summed E-state index contributed by atoms with van der Waals surface area (Å²) < 4.78 is 1.72. The molecule has 0 saturated carbocycles. The van der Waals surface area contributed by atoms with Gasteiger partial charge >= 0.3 is 0 Å². The monoisotopic (exact) mass is 416 g/mol. The molecule has 0 fully saturated rings. The predicted molar refractivity (Wildman–Crippen MR) is 77.4 cm³/mol. The molecule has 4 heterocycles. The van der Waals surface area contributed by atoms with E-state index in [1.807, 2.05) is 43.5 Å². The van der Waals surface area contributed by atoms with E-state index in [0.717, 1.165) is 34.0 Å². The van der Waals surface area contributed by atoms with E-state index in [0.29, 0.717) is 0 Å². The molecule has 0 aliphatic heterocycles. The second-order valence-corrected chi connectivity index (χ2v) is 4.72. The van der Waals surface area contributed by atoms with Gasteiger partial charge in [0.25, 0.3) is 0 Å². The molecule has 0 atom stereocenters. The molecule has 0 aliphatic carbocycles. The van der Waals surface area contributed by atoms with E-state index in [1.165, 1.54) is 6.33 Å². The fourth-order valence-corrected chi connectivity index (χ4v) is 2.29. The van der Waals surface area contributed by atoms with Crippen LogP contribution in [0.15, 0.2) is 42.9 Å². The number of pyridine rings is 2. The molecular formula is C15H11N6Pr-. The Kier molecular flexibility index (Phi) is 4.31. The molecule has 0 unspecified atom stereocenters. The van der Waals surface area contributed by atoms with Crippen molar-refractivity contribution in [1.82, 2.24) is 29.5 Å². The van der Waals surface area contributed by atoms with E-state index in [4.69, 9.17) is 0 Å². The van der Waals surface area contributed by atoms with Gasteiger partial charge < -0.3 is 9.97 Å². The average molecular weight is 416 g/mol. The van der Waals surface area contributed by atoms with Crippen molar-refractivity contribution in [2.24, 2.45) is 0 Å². The molecule has 0 amide bonds. The number of hydrogen-bond acceptors (Lipinski definition) is 4. The number of imidazole rings is 1. The maximum Gasteiger partial charge on any atom is 0.155 e. The van der Waals surface area contributed by atoms with Crippen molar-refractivity contribution in [2.75, 3.05) is 0 Å². The zero-order valence-electron chi connectivity index (χ0n) is 11.9. The summed E-state index contributed by atoms with van der Waals surface area (Å²) in [5.41, 5.74) is 5.18. The minimum absolute atomic E-state index is 0. The van der Waals surface area contributed by atoms with E-state index >= 15 is 0 Å². The topological polar surface area (TPSA) is 71.8 Å². The first-order valence-corrected chi connectivity index (χ1v) is 6.51. The van der Waals surface area contributed by atoms with Gasteiger partial charge in [-0.25, -0.2) is 9.50 Å². The number of fused-ring (bicyclic) bond motifs is 1. The van der Waals surface area contributed by atoms with Crippen LogP contribution in [-0.4, -0.2) is 29.5 Å². The summed E-state index contributed by atoms with van der Waals surface area (Å²) in [5, 5.41) is 4.15. The zero-order chi connectivity index (χ0) is 14.2. The Labute approximate surface area is 160 Å². The fourth-order valence-electron chi connectivity index (χ4n) is 2.29. The zero-order valence-corrected chi connectivity index (χ0v) is 15.6. The van der Waals surface area contributed by atoms with E-state index in [9.17, 15) is 0 Å². The molecule has 0 aliphatic rings. The Morgan fingerprint density at radius 2 is 2.09 bits per heavy atom. The van der Waals surface area contributed by atoms with Crippen LogP contribution < -0.4 is 0 Å². The van der Waals surface area contributed by atoms with Gasteiger partial charge in [-0.05, 0) is 37.0 Å². The summed E-state index contributed by atoms with van der Waals surface area (Å²) in [5.74, 6) is 0. The van der Waals surface area contributed by atoms with Crippen molar-refractivity contribution in [2.45, 2.75) is 6.92 Å². The van der Waals surface area contributed by atoms with Crippen molar-refractivity contribution in [3.63, 3.8) is 0 Å². The number of nitrogens with zero attached hydrogens (tertiary/aromatic N) is 5. The third-order valence-corrected chi connectivity index (χ3v) is 3.28. The van der Waals surface area contributed by atoms with Crippen LogP contribution >= 0.6 is 0 Å². The van der Waals surface area contributed by atoms with E-state index in [2.05, 4.69) is 31.4 Å². The third kappa shape index (κ3) is 2.68. The molecule has 4 rings (SSSR count). The first-order valence-electron chi connectivity index (χ1n) is 6.51. The molecule has 6 nitrogen and oxygen atoms in total. The van der Waals surface area contributed by atoms with Crippen LogP contribution in [-0.2, 0) is 0 Å². The standard InChI is InChI=1S/C15H11N6.Pr/c1-10-3-2-4-12(20-10)15-14(17-8-18-15)11-5-6-13-16-9-19-21(13)7-11;/h2-7,9H,1H3,(H,17,18);/q-1;. The molecule has 0 aromatic carbocycles. The second-order valence-electron chi connectivity index (χ2n) is 4.72. The fraction of sp³-hybridized carbons (Fsp3) is 0.0667. The average Bonchev–Trinajstić information content (AvgIpc) is 3.15. The minimum Gasteiger partial charge on any atom is -0.459 e. The number of rotatable bonds is 2. The van der Waals surface area contributed by atoms with Gasteiger partial charge in [-0.15, -0.1) is 0 Å². The van der Waals surface area contributed by atoms with Crippen molar-refractivity contribution < 1.29 is 41.3 Å². The second kappa shape index (κ2) is 6.22. The van der Waals surface area contributed by atoms with Gasteiger partial charge in [0.1, 0.15) is 6.33 Å². The SMILES string of the molecule is Cc1cccc(-c2[nH][c-]nc2-c2ccc3ncnn3c2)n1.[Pr]. The van der Waals surface area contributed by atoms with Gasteiger partial charge in [-0.1, -0.05) is 23.5 Å². The number of hydrogen-bond donors (Lipinski definition) is 1. The summed E-state index contributed by atoms with van der Waals surface area (Å²) in [4.78, 5) is 16.0. The van der Waals surface area contributed by atoms with Crippen LogP contribution in [0.4, 0.5) is 0 Å². The van der Waals surface area contributed by atoms with Gasteiger partial charge in [0.05, 0.1) is 0 Å². The number of aromatic amines is 1. The molecule has 0 saturated heterocycles. The molecule has 0 bridgehead atoms. The van der Waals surface area contributed by atoms with E-state index < -0.39 is 0 Å². The Bertz CT molecular complexity index is 926. The molecule has 1 N–H and O–H groups in total. The summed E-state index contributed by atoms with van der Waals surface area (Å²) >= 11 is 0. The predicted octanol–water partition coefficient (Wildman–Crippen LogP) is 2.29. The molecule has 105 valence electrons. The van der Waals surface area contributed by atoms with Crippen LogP contribution in [0.3, 0.4) is 0 Å². The van der Waals surface area contributed by atoms with E-state index in [-0.39, 0.29) is 41.3 Å². The normalized spacial score (nSPS) is 10.6. The summed E-state index contributed by atoms with van der Waals surface area (Å²) in [7, 11) is 0. The minimum atomic E-state index is 0. The third-order valence-electron chi connectivity index (χ3n) is 3.28. The van der Waals surface area contributed by atoms with Crippen LogP contribution in [0, 0.1) is 54.5 Å². The summed E-state index contributed by atoms with van der Waals surface area (Å²) in [6, 6.07) is 9.76. The van der Waals surface area contributed by atoms with Crippen molar-refractivity contribution in [3.8, 4) is 22.6 Å². The number of aromatic nitrogens is 6. The van der Waals surface area contributed by atoms with Gasteiger partial charge in [-0.3, -0.25) is 4.98 Å². The first-order chi connectivity index (χ1) is 10.3. The quantitative estimate of drug-likeness (QED) is 0.509. The maximum atomic E-state index is 4.53. The number of aryl methyl sites for hydroxylation is 1. The largest absolute Gasteiger partial charge is 0.459 e. The van der Waals surface area contributed by atoms with E-state index in [1.54, 1.807) is 4.52 Å². The number of nitrogens with one attached hydrogen (secondary N) is 1. The van der Waals surface area contributed by atoms with Gasteiger partial charge in [-0.2, -0.15) is 5.10 Å². The van der Waals surface area contributed by atoms with Gasteiger partial charge in [0, 0.05) is 58.9 Å². The molecule has 4 aromatic heterocycles. The molecule has 1 radical (unpaired) electrons. The molecule has 4 aromatic rings. The number of H-pyrrole nitrogens is 1. The Morgan fingerprint density at radius 1 is 1.18 bits per heavy atom. The molecular weight excluding hydrogens is 405 g/mol. The Morgan fingerprint density at radius 3 is 2.95 bits per heavy atom. The summed E-state index contributed by atoms with van der Waals surface area (Å²) in [6.45, 7) is 1.96. The van der Waals surface area contributed by atoms with Gasteiger partial charge in [0.15, 0.2) is 5.65 Å². The van der Waals surface area contributed by atoms with Crippen molar-refractivity contribution in [1.29, 1.82) is 0 Å². The molecule has 0 spiro atoms. The first kappa shape index (κ1) is 15.2. The van der Waals surface area contributed by atoms with Crippen LogP contribution in [0.25, 0.3) is 28.3 Å². The van der Waals surface area contributed by atoms with Crippen molar-refractivity contribution in [3.05, 3.63) is 54.9 Å². The Balaban J connectivity index is 0.00000144. The maximum absolute atomic E-state index is 4.53. The smallest absolute Gasteiger partial charge is 0.155 e. The summed E-state index contributed by atoms with van der Waals surface area (Å²) in [6.07, 6.45) is 6.22. The Hall–Kier alpha value is -1.66.